The fourth-order valence-electron chi connectivity index (χ4n) is 1.40. The van der Waals surface area contributed by atoms with E-state index >= 15 is 0 Å². The molecule has 0 fully saturated rings. The molecule has 1 aromatic carbocycles. The van der Waals surface area contributed by atoms with Gasteiger partial charge in [-0.25, -0.2) is 0 Å². The van der Waals surface area contributed by atoms with Crippen molar-refractivity contribution < 1.29 is 9.47 Å². The fraction of sp³-hybridized carbons (Fsp3) is 0.273. The zero-order valence-electron chi connectivity index (χ0n) is 8.20. The molecule has 3 nitrogen and oxygen atoms in total. The molecule has 2 N–H and O–H groups in total. The first-order valence-electron chi connectivity index (χ1n) is 4.77. The largest absolute Gasteiger partial charge is 0.486 e. The lowest BCUT2D eigenvalue weighted by atomic mass is 10.2. The summed E-state index contributed by atoms with van der Waals surface area (Å²) in [5.41, 5.74) is 6.45. The minimum Gasteiger partial charge on any atom is -0.486 e. The zero-order valence-corrected chi connectivity index (χ0v) is 9.79. The topological polar surface area (TPSA) is 44.5 Å². The second-order valence-electron chi connectivity index (χ2n) is 3.16. The van der Waals surface area contributed by atoms with Gasteiger partial charge < -0.3 is 15.2 Å². The van der Waals surface area contributed by atoms with Gasteiger partial charge in [0.2, 0.25) is 0 Å². The molecule has 1 aromatic rings. The average Bonchev–Trinajstić information content (AvgIpc) is 2.26. The van der Waals surface area contributed by atoms with Crippen molar-refractivity contribution in [2.75, 3.05) is 19.8 Å². The van der Waals surface area contributed by atoms with Crippen LogP contribution in [0.4, 0.5) is 0 Å². The summed E-state index contributed by atoms with van der Waals surface area (Å²) < 4.78 is 11.9. The summed E-state index contributed by atoms with van der Waals surface area (Å²) in [6.45, 7) is 1.74. The molecule has 15 heavy (non-hydrogen) atoms. The van der Waals surface area contributed by atoms with E-state index in [1.807, 2.05) is 24.3 Å². The van der Waals surface area contributed by atoms with Crippen molar-refractivity contribution in [3.8, 4) is 11.5 Å². The Balaban J connectivity index is 2.36. The molecule has 0 atom stereocenters. The Morgan fingerprint density at radius 3 is 2.60 bits per heavy atom. The number of halogens is 1. The van der Waals surface area contributed by atoms with Crippen LogP contribution >= 0.6 is 15.9 Å². The van der Waals surface area contributed by atoms with E-state index in [0.717, 1.165) is 21.5 Å². The van der Waals surface area contributed by atoms with Crippen LogP contribution in [0.15, 0.2) is 22.7 Å². The maximum atomic E-state index is 5.49. The van der Waals surface area contributed by atoms with Crippen LogP contribution in [-0.4, -0.2) is 19.8 Å². The Hall–Kier alpha value is -1.00. The van der Waals surface area contributed by atoms with Crippen molar-refractivity contribution >= 4 is 22.0 Å². The summed E-state index contributed by atoms with van der Waals surface area (Å²) in [5.74, 6) is 1.58. The highest BCUT2D eigenvalue weighted by molar-refractivity contribution is 9.10. The van der Waals surface area contributed by atoms with Crippen molar-refractivity contribution in [3.05, 3.63) is 28.2 Å². The third-order valence-electron chi connectivity index (χ3n) is 2.09. The van der Waals surface area contributed by atoms with Gasteiger partial charge in [-0.2, -0.15) is 0 Å². The highest BCUT2D eigenvalue weighted by atomic mass is 79.9. The fourth-order valence-corrected chi connectivity index (χ4v) is 1.86. The van der Waals surface area contributed by atoms with Gasteiger partial charge in [-0.3, -0.25) is 0 Å². The minimum atomic E-state index is 0.529. The molecule has 0 aliphatic carbocycles. The van der Waals surface area contributed by atoms with Gasteiger partial charge in [-0.15, -0.1) is 0 Å². The summed E-state index contributed by atoms with van der Waals surface area (Å²) >= 11 is 3.48. The van der Waals surface area contributed by atoms with Crippen LogP contribution in [-0.2, 0) is 0 Å². The number of hydrogen-bond acceptors (Lipinski definition) is 3. The summed E-state index contributed by atoms with van der Waals surface area (Å²) in [7, 11) is 0. The lowest BCUT2D eigenvalue weighted by Crippen LogP contribution is -2.15. The number of ether oxygens (including phenoxy) is 2. The lowest BCUT2D eigenvalue weighted by Gasteiger charge is -2.19. The Labute approximate surface area is 97.0 Å². The van der Waals surface area contributed by atoms with Gasteiger partial charge in [-0.05, 0) is 17.7 Å². The molecule has 2 rings (SSSR count). The monoisotopic (exact) mass is 269 g/mol. The molecule has 0 bridgehead atoms. The Bertz CT molecular complexity index is 390. The van der Waals surface area contributed by atoms with Gasteiger partial charge in [0.25, 0.3) is 0 Å². The van der Waals surface area contributed by atoms with E-state index in [1.54, 1.807) is 0 Å². The van der Waals surface area contributed by atoms with E-state index in [2.05, 4.69) is 15.9 Å². The van der Waals surface area contributed by atoms with Crippen LogP contribution in [0.25, 0.3) is 6.08 Å². The highest BCUT2D eigenvalue weighted by Crippen LogP contribution is 2.35. The molecule has 0 saturated carbocycles. The van der Waals surface area contributed by atoms with Crippen LogP contribution in [0.5, 0.6) is 11.5 Å². The molecule has 0 aromatic heterocycles. The number of hydrogen-bond donors (Lipinski definition) is 1. The van der Waals surface area contributed by atoms with Crippen LogP contribution < -0.4 is 15.2 Å². The van der Waals surface area contributed by atoms with Crippen LogP contribution in [0.1, 0.15) is 5.56 Å². The maximum Gasteiger partial charge on any atom is 0.162 e. The highest BCUT2D eigenvalue weighted by Gasteiger charge is 2.13. The van der Waals surface area contributed by atoms with Gasteiger partial charge in [0.1, 0.15) is 13.2 Å². The van der Waals surface area contributed by atoms with E-state index in [0.29, 0.717) is 19.8 Å². The zero-order chi connectivity index (χ0) is 10.7. The molecule has 0 spiro atoms. The van der Waals surface area contributed by atoms with Crippen molar-refractivity contribution in [1.29, 1.82) is 0 Å². The van der Waals surface area contributed by atoms with Crippen LogP contribution in [0.3, 0.4) is 0 Å². The van der Waals surface area contributed by atoms with Crippen molar-refractivity contribution in [1.82, 2.24) is 0 Å². The van der Waals surface area contributed by atoms with Crippen molar-refractivity contribution in [2.24, 2.45) is 5.73 Å². The Morgan fingerprint density at radius 1 is 1.27 bits per heavy atom. The molecular formula is C11H12BrNO2. The van der Waals surface area contributed by atoms with E-state index in [1.165, 1.54) is 0 Å². The third-order valence-corrected chi connectivity index (χ3v) is 2.78. The van der Waals surface area contributed by atoms with E-state index in [4.69, 9.17) is 15.2 Å². The van der Waals surface area contributed by atoms with Crippen molar-refractivity contribution in [3.63, 3.8) is 0 Å². The predicted molar refractivity (Wildman–Crippen MR) is 63.2 cm³/mol. The molecule has 0 radical (unpaired) electrons. The standard InChI is InChI=1S/C11H12BrNO2/c12-9-7-11-10(14-4-5-15-11)6-8(9)2-1-3-13/h1-2,6-7H,3-5,13H2/b2-1+. The van der Waals surface area contributed by atoms with E-state index in [9.17, 15) is 0 Å². The first kappa shape index (κ1) is 10.5. The molecule has 1 aliphatic rings. The quantitative estimate of drug-likeness (QED) is 0.895. The molecule has 0 amide bonds. The number of benzene rings is 1. The second kappa shape index (κ2) is 4.68. The molecule has 0 saturated heterocycles. The number of rotatable bonds is 2. The first-order valence-corrected chi connectivity index (χ1v) is 5.56. The Kier molecular flexibility index (Phi) is 3.28. The van der Waals surface area contributed by atoms with E-state index < -0.39 is 0 Å². The second-order valence-corrected chi connectivity index (χ2v) is 4.01. The van der Waals surface area contributed by atoms with Gasteiger partial charge in [0.15, 0.2) is 11.5 Å². The SMILES string of the molecule is NC/C=C/c1cc2c(cc1Br)OCCO2. The normalized spacial score (nSPS) is 14.5. The summed E-state index contributed by atoms with van der Waals surface area (Å²) in [6.07, 6.45) is 3.86. The summed E-state index contributed by atoms with van der Waals surface area (Å²) in [6, 6.07) is 3.87. The smallest absolute Gasteiger partial charge is 0.162 e. The minimum absolute atomic E-state index is 0.529. The third kappa shape index (κ3) is 2.33. The Morgan fingerprint density at radius 2 is 1.93 bits per heavy atom. The van der Waals surface area contributed by atoms with Gasteiger partial charge in [-0.1, -0.05) is 28.1 Å². The molecule has 0 unspecified atom stereocenters. The summed E-state index contributed by atoms with van der Waals surface area (Å²) in [5, 5.41) is 0. The van der Waals surface area contributed by atoms with Crippen LogP contribution in [0.2, 0.25) is 0 Å². The number of nitrogens with two attached hydrogens (primary N) is 1. The molecule has 80 valence electrons. The van der Waals surface area contributed by atoms with Gasteiger partial charge in [0, 0.05) is 11.0 Å². The molecular weight excluding hydrogens is 258 g/mol. The van der Waals surface area contributed by atoms with Gasteiger partial charge in [0.05, 0.1) is 0 Å². The van der Waals surface area contributed by atoms with Crippen molar-refractivity contribution in [2.45, 2.75) is 0 Å². The van der Waals surface area contributed by atoms with E-state index in [-0.39, 0.29) is 0 Å². The maximum absolute atomic E-state index is 5.49. The number of fused-ring (bicyclic) bond motifs is 1. The first-order chi connectivity index (χ1) is 7.31. The lowest BCUT2D eigenvalue weighted by molar-refractivity contribution is 0.171. The molecule has 1 heterocycles. The summed E-state index contributed by atoms with van der Waals surface area (Å²) in [4.78, 5) is 0. The molecule has 1 aliphatic heterocycles. The van der Waals surface area contributed by atoms with Crippen LogP contribution in [0, 0.1) is 0 Å². The molecule has 4 heteroatoms. The predicted octanol–water partition coefficient (Wildman–Crippen LogP) is 2.19. The van der Waals surface area contributed by atoms with Gasteiger partial charge >= 0.3 is 0 Å². The average molecular weight is 270 g/mol.